The number of nitrogens with zero attached hydrogens (tertiary/aromatic N) is 5. The molecule has 29 heavy (non-hydrogen) atoms. The summed E-state index contributed by atoms with van der Waals surface area (Å²) in [4.78, 5) is 5.69. The Balaban J connectivity index is 1.40. The Morgan fingerprint density at radius 1 is 0.931 bits per heavy atom. The molecule has 3 heterocycles. The van der Waals surface area contributed by atoms with Crippen LogP contribution in [0, 0.1) is 5.82 Å². The number of hydrogen-bond donors (Lipinski definition) is 1. The predicted molar refractivity (Wildman–Crippen MR) is 107 cm³/mol. The molecule has 1 aromatic carbocycles. The highest BCUT2D eigenvalue weighted by Gasteiger charge is 2.30. The van der Waals surface area contributed by atoms with Gasteiger partial charge < -0.3 is 10.2 Å². The fraction of sp³-hybridized carbons (Fsp3) is 0.211. The molecule has 0 saturated carbocycles. The van der Waals surface area contributed by atoms with Gasteiger partial charge in [-0.25, -0.2) is 12.8 Å². The zero-order valence-corrected chi connectivity index (χ0v) is 16.3. The summed E-state index contributed by atoms with van der Waals surface area (Å²) >= 11 is 0. The zero-order valence-electron chi connectivity index (χ0n) is 15.4. The summed E-state index contributed by atoms with van der Waals surface area (Å²) in [5.74, 6) is 0.504. The van der Waals surface area contributed by atoms with Crippen LogP contribution in [0.5, 0.6) is 0 Å². The van der Waals surface area contributed by atoms with E-state index in [4.69, 9.17) is 0 Å². The molecule has 0 unspecified atom stereocenters. The van der Waals surface area contributed by atoms with Crippen molar-refractivity contribution in [1.29, 1.82) is 0 Å². The maximum atomic E-state index is 13.9. The number of rotatable bonds is 5. The molecule has 2 aromatic heterocycles. The van der Waals surface area contributed by atoms with Crippen LogP contribution in [0.25, 0.3) is 0 Å². The maximum Gasteiger partial charge on any atom is 0.246 e. The van der Waals surface area contributed by atoms with E-state index in [9.17, 15) is 12.8 Å². The molecule has 4 rings (SSSR count). The topological polar surface area (TPSA) is 91.3 Å². The van der Waals surface area contributed by atoms with Crippen LogP contribution in [-0.4, -0.2) is 54.1 Å². The maximum absolute atomic E-state index is 13.9. The van der Waals surface area contributed by atoms with E-state index >= 15 is 0 Å². The number of piperazine rings is 1. The van der Waals surface area contributed by atoms with E-state index in [0.29, 0.717) is 24.7 Å². The normalized spacial score (nSPS) is 15.3. The average molecular weight is 414 g/mol. The Hall–Kier alpha value is -3.11. The number of sulfonamides is 1. The van der Waals surface area contributed by atoms with Crippen LogP contribution in [0.4, 0.5) is 21.7 Å². The number of hydrogen-bond acceptors (Lipinski definition) is 7. The molecule has 3 aromatic rings. The first kappa shape index (κ1) is 19.2. The minimum atomic E-state index is -3.86. The highest BCUT2D eigenvalue weighted by Crippen LogP contribution is 2.22. The number of anilines is 3. The number of halogens is 1. The molecule has 0 atom stereocenters. The largest absolute Gasteiger partial charge is 0.352 e. The van der Waals surface area contributed by atoms with E-state index in [2.05, 4.69) is 20.5 Å². The first-order valence-corrected chi connectivity index (χ1v) is 10.5. The third kappa shape index (κ3) is 4.17. The van der Waals surface area contributed by atoms with Crippen molar-refractivity contribution in [2.24, 2.45) is 0 Å². The molecule has 0 bridgehead atoms. The van der Waals surface area contributed by atoms with Gasteiger partial charge in [0.05, 0.1) is 11.9 Å². The van der Waals surface area contributed by atoms with Gasteiger partial charge >= 0.3 is 0 Å². The number of nitrogens with one attached hydrogen (secondary N) is 1. The van der Waals surface area contributed by atoms with Crippen molar-refractivity contribution in [2.45, 2.75) is 4.90 Å². The molecule has 10 heteroatoms. The first-order valence-electron chi connectivity index (χ1n) is 9.04. The Morgan fingerprint density at radius 3 is 2.38 bits per heavy atom. The molecule has 1 fully saturated rings. The number of benzene rings is 1. The fourth-order valence-electron chi connectivity index (χ4n) is 3.10. The summed E-state index contributed by atoms with van der Waals surface area (Å²) in [6.07, 6.45) is 3.37. The quantitative estimate of drug-likeness (QED) is 0.685. The van der Waals surface area contributed by atoms with Crippen LogP contribution < -0.4 is 10.2 Å². The van der Waals surface area contributed by atoms with Crippen LogP contribution in [0.2, 0.25) is 0 Å². The van der Waals surface area contributed by atoms with Crippen molar-refractivity contribution in [1.82, 2.24) is 19.5 Å². The van der Waals surface area contributed by atoms with E-state index in [0.717, 1.165) is 11.8 Å². The fourth-order valence-corrected chi connectivity index (χ4v) is 4.58. The van der Waals surface area contributed by atoms with Crippen molar-refractivity contribution in [3.63, 3.8) is 0 Å². The number of aromatic nitrogens is 3. The molecule has 1 aliphatic heterocycles. The van der Waals surface area contributed by atoms with Gasteiger partial charge in [-0.2, -0.15) is 4.31 Å². The second-order valence-corrected chi connectivity index (χ2v) is 8.37. The van der Waals surface area contributed by atoms with E-state index in [1.165, 1.54) is 22.5 Å². The smallest absolute Gasteiger partial charge is 0.246 e. The molecule has 0 amide bonds. The summed E-state index contributed by atoms with van der Waals surface area (Å²) in [5, 5.41) is 11.5. The van der Waals surface area contributed by atoms with E-state index in [1.807, 2.05) is 23.1 Å². The van der Waals surface area contributed by atoms with Crippen LogP contribution in [0.15, 0.2) is 65.8 Å². The average Bonchev–Trinajstić information content (AvgIpc) is 2.75. The van der Waals surface area contributed by atoms with Gasteiger partial charge in [0.1, 0.15) is 10.7 Å². The summed E-state index contributed by atoms with van der Waals surface area (Å²) in [5.41, 5.74) is 0.807. The highest BCUT2D eigenvalue weighted by molar-refractivity contribution is 7.89. The SMILES string of the molecule is O=S(=O)(c1ccccc1F)N1CCN(c2ccc(Nc3cccnc3)nn2)CC1. The summed E-state index contributed by atoms with van der Waals surface area (Å²) in [6, 6.07) is 12.7. The second-order valence-electron chi connectivity index (χ2n) is 6.47. The van der Waals surface area contributed by atoms with Crippen molar-refractivity contribution in [3.05, 3.63) is 66.7 Å². The summed E-state index contributed by atoms with van der Waals surface area (Å²) in [6.45, 7) is 1.37. The molecule has 150 valence electrons. The molecular formula is C19H19FN6O2S. The minimum Gasteiger partial charge on any atom is -0.352 e. The molecule has 0 spiro atoms. The molecule has 1 N–H and O–H groups in total. The molecular weight excluding hydrogens is 395 g/mol. The van der Waals surface area contributed by atoms with Crippen LogP contribution in [0.3, 0.4) is 0 Å². The van der Waals surface area contributed by atoms with Crippen LogP contribution >= 0.6 is 0 Å². The second kappa shape index (κ2) is 8.10. The summed E-state index contributed by atoms with van der Waals surface area (Å²) in [7, 11) is -3.86. The standard InChI is InChI=1S/C19H19FN6O2S/c20-16-5-1-2-6-17(16)29(27,28)26-12-10-25(11-13-26)19-8-7-18(23-24-19)22-15-4-3-9-21-14-15/h1-9,14H,10-13H2,(H,22,23). The Bertz CT molecular complexity index is 1070. The molecule has 8 nitrogen and oxygen atoms in total. The summed E-state index contributed by atoms with van der Waals surface area (Å²) < 4.78 is 40.6. The molecule has 1 aliphatic rings. The third-order valence-corrected chi connectivity index (χ3v) is 6.53. The number of pyridine rings is 1. The minimum absolute atomic E-state index is 0.244. The van der Waals surface area contributed by atoms with E-state index in [1.54, 1.807) is 18.5 Å². The predicted octanol–water partition coefficient (Wildman–Crippen LogP) is 2.27. The van der Waals surface area contributed by atoms with Gasteiger partial charge in [-0.15, -0.1) is 10.2 Å². The lowest BCUT2D eigenvalue weighted by molar-refractivity contribution is 0.381. The third-order valence-electron chi connectivity index (χ3n) is 4.60. The van der Waals surface area contributed by atoms with Gasteiger partial charge in [-0.3, -0.25) is 4.98 Å². The van der Waals surface area contributed by atoms with Gasteiger partial charge in [-0.1, -0.05) is 12.1 Å². The van der Waals surface area contributed by atoms with Gasteiger partial charge in [0.2, 0.25) is 10.0 Å². The zero-order chi connectivity index (χ0) is 20.3. The lowest BCUT2D eigenvalue weighted by Crippen LogP contribution is -2.49. The highest BCUT2D eigenvalue weighted by atomic mass is 32.2. The van der Waals surface area contributed by atoms with Gasteiger partial charge in [0.15, 0.2) is 11.6 Å². The van der Waals surface area contributed by atoms with Crippen LogP contribution in [-0.2, 0) is 10.0 Å². The lowest BCUT2D eigenvalue weighted by atomic mass is 10.3. The lowest BCUT2D eigenvalue weighted by Gasteiger charge is -2.34. The van der Waals surface area contributed by atoms with Crippen molar-refractivity contribution in [2.75, 3.05) is 36.4 Å². The van der Waals surface area contributed by atoms with E-state index < -0.39 is 15.8 Å². The van der Waals surface area contributed by atoms with Crippen molar-refractivity contribution in [3.8, 4) is 0 Å². The van der Waals surface area contributed by atoms with Gasteiger partial charge in [-0.05, 0) is 36.4 Å². The first-order chi connectivity index (χ1) is 14.0. The monoisotopic (exact) mass is 414 g/mol. The van der Waals surface area contributed by atoms with Gasteiger partial charge in [0.25, 0.3) is 0 Å². The Morgan fingerprint density at radius 2 is 1.72 bits per heavy atom. The van der Waals surface area contributed by atoms with Crippen LogP contribution in [0.1, 0.15) is 0 Å². The molecule has 1 saturated heterocycles. The Labute approximate surface area is 168 Å². The van der Waals surface area contributed by atoms with Crippen molar-refractivity contribution >= 4 is 27.3 Å². The van der Waals surface area contributed by atoms with Gasteiger partial charge in [0, 0.05) is 32.4 Å². The molecule has 0 radical (unpaired) electrons. The van der Waals surface area contributed by atoms with Crippen molar-refractivity contribution < 1.29 is 12.8 Å². The Kier molecular flexibility index (Phi) is 5.36. The molecule has 0 aliphatic carbocycles. The van der Waals surface area contributed by atoms with E-state index in [-0.39, 0.29) is 18.0 Å².